The fourth-order valence-electron chi connectivity index (χ4n) is 1.79. The normalized spacial score (nSPS) is 11.1. The molecule has 0 unspecified atom stereocenters. The van der Waals surface area contributed by atoms with Gasteiger partial charge in [-0.25, -0.2) is 13.6 Å². The summed E-state index contributed by atoms with van der Waals surface area (Å²) in [5.41, 5.74) is 1.53. The number of amides is 1. The number of nitrogens with two attached hydrogens (primary N) is 1. The van der Waals surface area contributed by atoms with Crippen LogP contribution in [0.4, 0.5) is 5.69 Å². The molecule has 2 rings (SSSR count). The average Bonchev–Trinajstić information content (AvgIpc) is 2.46. The summed E-state index contributed by atoms with van der Waals surface area (Å²) in [5.74, 6) is 0.205. The zero-order valence-corrected chi connectivity index (χ0v) is 14.6. The van der Waals surface area contributed by atoms with Crippen molar-refractivity contribution >= 4 is 37.5 Å². The molecular formula is C15H15BrN2O4S. The molecule has 2 aromatic carbocycles. The second kappa shape index (κ2) is 7.12. The Morgan fingerprint density at radius 1 is 1.22 bits per heavy atom. The van der Waals surface area contributed by atoms with E-state index < -0.39 is 10.0 Å². The SMILES string of the molecule is Cc1ccc(OCC(=O)Nc2ccc(S(N)(=O)=O)cc2)c(Br)c1. The molecule has 0 atom stereocenters. The van der Waals surface area contributed by atoms with Crippen LogP contribution in [0, 0.1) is 6.92 Å². The smallest absolute Gasteiger partial charge is 0.262 e. The van der Waals surface area contributed by atoms with E-state index >= 15 is 0 Å². The number of primary sulfonamides is 1. The summed E-state index contributed by atoms with van der Waals surface area (Å²) in [5, 5.41) is 7.61. The van der Waals surface area contributed by atoms with Crippen LogP contribution in [0.25, 0.3) is 0 Å². The number of hydrogen-bond acceptors (Lipinski definition) is 4. The van der Waals surface area contributed by atoms with Crippen LogP contribution < -0.4 is 15.2 Å². The van der Waals surface area contributed by atoms with Crippen molar-refractivity contribution in [2.75, 3.05) is 11.9 Å². The number of anilines is 1. The van der Waals surface area contributed by atoms with Crippen molar-refractivity contribution in [2.45, 2.75) is 11.8 Å². The minimum absolute atomic E-state index is 0.0182. The van der Waals surface area contributed by atoms with Crippen LogP contribution in [-0.2, 0) is 14.8 Å². The van der Waals surface area contributed by atoms with Crippen molar-refractivity contribution in [2.24, 2.45) is 5.14 Å². The van der Waals surface area contributed by atoms with Crippen LogP contribution in [-0.4, -0.2) is 20.9 Å². The zero-order chi connectivity index (χ0) is 17.0. The third-order valence-electron chi connectivity index (χ3n) is 2.91. The minimum Gasteiger partial charge on any atom is -0.483 e. The first kappa shape index (κ1) is 17.5. The van der Waals surface area contributed by atoms with Gasteiger partial charge in [0.2, 0.25) is 10.0 Å². The van der Waals surface area contributed by atoms with Crippen LogP contribution >= 0.6 is 15.9 Å². The van der Waals surface area contributed by atoms with Gasteiger partial charge < -0.3 is 10.1 Å². The van der Waals surface area contributed by atoms with E-state index in [9.17, 15) is 13.2 Å². The van der Waals surface area contributed by atoms with E-state index in [-0.39, 0.29) is 17.4 Å². The van der Waals surface area contributed by atoms with Crippen molar-refractivity contribution in [3.63, 3.8) is 0 Å². The number of rotatable bonds is 5. The van der Waals surface area contributed by atoms with Gasteiger partial charge in [-0.15, -0.1) is 0 Å². The van der Waals surface area contributed by atoms with Crippen LogP contribution in [0.1, 0.15) is 5.56 Å². The topological polar surface area (TPSA) is 98.5 Å². The molecule has 0 saturated heterocycles. The molecule has 6 nitrogen and oxygen atoms in total. The standard InChI is InChI=1S/C15H15BrN2O4S/c1-10-2-7-14(13(16)8-10)22-9-15(19)18-11-3-5-12(6-4-11)23(17,20)21/h2-8H,9H2,1H3,(H,18,19)(H2,17,20,21). The number of carbonyl (C=O) groups is 1. The van der Waals surface area contributed by atoms with E-state index in [2.05, 4.69) is 21.2 Å². The second-order valence-electron chi connectivity index (χ2n) is 4.84. The van der Waals surface area contributed by atoms with Gasteiger partial charge in [-0.2, -0.15) is 0 Å². The van der Waals surface area contributed by atoms with Crippen molar-refractivity contribution < 1.29 is 17.9 Å². The number of sulfonamides is 1. The van der Waals surface area contributed by atoms with Gasteiger partial charge in [-0.1, -0.05) is 6.07 Å². The van der Waals surface area contributed by atoms with Gasteiger partial charge in [-0.3, -0.25) is 4.79 Å². The average molecular weight is 399 g/mol. The van der Waals surface area contributed by atoms with Gasteiger partial charge in [0.05, 0.1) is 9.37 Å². The first-order valence-electron chi connectivity index (χ1n) is 6.57. The summed E-state index contributed by atoms with van der Waals surface area (Å²) in [6, 6.07) is 11.1. The van der Waals surface area contributed by atoms with E-state index in [0.29, 0.717) is 11.4 Å². The molecule has 0 spiro atoms. The Kier molecular flexibility index (Phi) is 5.40. The Labute approximate surface area is 142 Å². The van der Waals surface area contributed by atoms with Crippen LogP contribution in [0.15, 0.2) is 51.8 Å². The number of halogens is 1. The summed E-state index contributed by atoms with van der Waals surface area (Å²) in [4.78, 5) is 11.8. The molecule has 8 heteroatoms. The summed E-state index contributed by atoms with van der Waals surface area (Å²) in [6.45, 7) is 1.78. The highest BCUT2D eigenvalue weighted by Crippen LogP contribution is 2.25. The highest BCUT2D eigenvalue weighted by molar-refractivity contribution is 9.10. The lowest BCUT2D eigenvalue weighted by Gasteiger charge is -2.09. The molecule has 0 aromatic heterocycles. The number of benzene rings is 2. The number of ether oxygens (including phenoxy) is 1. The van der Waals surface area contributed by atoms with E-state index in [1.54, 1.807) is 6.07 Å². The molecular weight excluding hydrogens is 384 g/mol. The third kappa shape index (κ3) is 5.05. The van der Waals surface area contributed by atoms with Crippen molar-refractivity contribution in [3.8, 4) is 5.75 Å². The maximum Gasteiger partial charge on any atom is 0.262 e. The lowest BCUT2D eigenvalue weighted by atomic mass is 10.2. The number of hydrogen-bond donors (Lipinski definition) is 2. The molecule has 0 heterocycles. The van der Waals surface area contributed by atoms with Crippen molar-refractivity contribution in [3.05, 3.63) is 52.5 Å². The largest absolute Gasteiger partial charge is 0.483 e. The molecule has 0 radical (unpaired) electrons. The summed E-state index contributed by atoms with van der Waals surface area (Å²) < 4.78 is 28.5. The summed E-state index contributed by atoms with van der Waals surface area (Å²) in [6.07, 6.45) is 0. The molecule has 2 aromatic rings. The van der Waals surface area contributed by atoms with Crippen LogP contribution in [0.2, 0.25) is 0 Å². The number of nitrogens with one attached hydrogen (secondary N) is 1. The molecule has 0 saturated carbocycles. The highest BCUT2D eigenvalue weighted by atomic mass is 79.9. The quantitative estimate of drug-likeness (QED) is 0.807. The Balaban J connectivity index is 1.94. The highest BCUT2D eigenvalue weighted by Gasteiger charge is 2.09. The van der Waals surface area contributed by atoms with E-state index in [0.717, 1.165) is 10.0 Å². The van der Waals surface area contributed by atoms with Crippen LogP contribution in [0.5, 0.6) is 5.75 Å². The summed E-state index contributed by atoms with van der Waals surface area (Å²) in [7, 11) is -3.75. The molecule has 122 valence electrons. The Bertz CT molecular complexity index is 820. The molecule has 23 heavy (non-hydrogen) atoms. The van der Waals surface area contributed by atoms with E-state index in [1.165, 1.54) is 24.3 Å². The van der Waals surface area contributed by atoms with Gasteiger partial charge in [0.1, 0.15) is 5.75 Å². The number of carbonyl (C=O) groups excluding carboxylic acids is 1. The maximum atomic E-state index is 11.9. The van der Waals surface area contributed by atoms with E-state index in [1.807, 2.05) is 19.1 Å². The fourth-order valence-corrected chi connectivity index (χ4v) is 2.91. The monoisotopic (exact) mass is 398 g/mol. The molecule has 0 fully saturated rings. The minimum atomic E-state index is -3.75. The molecule has 0 aliphatic rings. The second-order valence-corrected chi connectivity index (χ2v) is 7.26. The lowest BCUT2D eigenvalue weighted by Crippen LogP contribution is -2.20. The van der Waals surface area contributed by atoms with Gasteiger partial charge in [0.15, 0.2) is 6.61 Å². The van der Waals surface area contributed by atoms with Gasteiger partial charge in [0.25, 0.3) is 5.91 Å². The first-order chi connectivity index (χ1) is 10.8. The molecule has 0 aliphatic carbocycles. The maximum absolute atomic E-state index is 11.9. The van der Waals surface area contributed by atoms with Crippen LogP contribution in [0.3, 0.4) is 0 Å². The Morgan fingerprint density at radius 2 is 1.87 bits per heavy atom. The van der Waals surface area contributed by atoms with Gasteiger partial charge in [0, 0.05) is 5.69 Å². The van der Waals surface area contributed by atoms with E-state index in [4.69, 9.17) is 9.88 Å². The summed E-state index contributed by atoms with van der Waals surface area (Å²) >= 11 is 3.37. The predicted molar refractivity (Wildman–Crippen MR) is 90.8 cm³/mol. The zero-order valence-electron chi connectivity index (χ0n) is 12.2. The fraction of sp³-hybridized carbons (Fsp3) is 0.133. The first-order valence-corrected chi connectivity index (χ1v) is 8.91. The third-order valence-corrected chi connectivity index (χ3v) is 4.46. The molecule has 1 amide bonds. The van der Waals surface area contributed by atoms with Crippen molar-refractivity contribution in [1.29, 1.82) is 0 Å². The van der Waals surface area contributed by atoms with Gasteiger partial charge >= 0.3 is 0 Å². The van der Waals surface area contributed by atoms with Gasteiger partial charge in [-0.05, 0) is 64.8 Å². The Morgan fingerprint density at radius 3 is 2.43 bits per heavy atom. The molecule has 0 aliphatic heterocycles. The lowest BCUT2D eigenvalue weighted by molar-refractivity contribution is -0.118. The number of aryl methyl sites for hydroxylation is 1. The predicted octanol–water partition coefficient (Wildman–Crippen LogP) is 2.42. The Hall–Kier alpha value is -1.90. The van der Waals surface area contributed by atoms with Crippen molar-refractivity contribution in [1.82, 2.24) is 0 Å². The molecule has 0 bridgehead atoms. The molecule has 3 N–H and O–H groups in total.